The third-order valence-corrected chi connectivity index (χ3v) is 5.18. The maximum atomic E-state index is 12.9. The topological polar surface area (TPSA) is 54.5 Å². The van der Waals surface area contributed by atoms with Crippen LogP contribution in [-0.4, -0.2) is 22.5 Å². The molecule has 1 saturated heterocycles. The number of pyridine rings is 1. The third-order valence-electron chi connectivity index (χ3n) is 5.18. The monoisotopic (exact) mass is 387 g/mol. The van der Waals surface area contributed by atoms with Gasteiger partial charge in [0.05, 0.1) is 6.04 Å². The van der Waals surface area contributed by atoms with Crippen LogP contribution in [0.1, 0.15) is 36.4 Å². The molecule has 1 aliphatic rings. The lowest BCUT2D eigenvalue weighted by Crippen LogP contribution is -2.39. The van der Waals surface area contributed by atoms with Crippen LogP contribution in [0.2, 0.25) is 0 Å². The maximum Gasteiger partial charge on any atom is 0.410 e. The molecule has 0 spiro atoms. The van der Waals surface area contributed by atoms with Crippen molar-refractivity contribution in [3.63, 3.8) is 0 Å². The Bertz CT molecular complexity index is 931. The van der Waals surface area contributed by atoms with E-state index >= 15 is 0 Å². The predicted octanol–water partition coefficient (Wildman–Crippen LogP) is 5.69. The Balaban J connectivity index is 1.52. The smallest absolute Gasteiger partial charge is 0.410 e. The molecule has 1 amide bonds. The number of ether oxygens (including phenoxy) is 1. The lowest BCUT2D eigenvalue weighted by molar-refractivity contribution is 0.0680. The number of anilines is 2. The van der Waals surface area contributed by atoms with Crippen LogP contribution in [-0.2, 0) is 11.3 Å². The first kappa shape index (κ1) is 19.0. The molecule has 29 heavy (non-hydrogen) atoms. The van der Waals surface area contributed by atoms with Crippen LogP contribution in [0.5, 0.6) is 0 Å². The van der Waals surface area contributed by atoms with Crippen molar-refractivity contribution in [2.75, 3.05) is 11.9 Å². The van der Waals surface area contributed by atoms with Gasteiger partial charge in [0.2, 0.25) is 0 Å². The second kappa shape index (κ2) is 9.24. The largest absolute Gasteiger partial charge is 0.445 e. The number of hydrogen-bond acceptors (Lipinski definition) is 4. The minimum absolute atomic E-state index is 0.0491. The van der Waals surface area contributed by atoms with Crippen molar-refractivity contribution < 1.29 is 9.53 Å². The Labute approximate surface area is 171 Å². The first-order chi connectivity index (χ1) is 14.3. The predicted molar refractivity (Wildman–Crippen MR) is 114 cm³/mol. The summed E-state index contributed by atoms with van der Waals surface area (Å²) in [6, 6.07) is 23.7. The van der Waals surface area contributed by atoms with Crippen LogP contribution < -0.4 is 5.32 Å². The number of nitrogens with one attached hydrogen (secondary N) is 1. The van der Waals surface area contributed by atoms with Gasteiger partial charge in [-0.2, -0.15) is 0 Å². The van der Waals surface area contributed by atoms with Crippen molar-refractivity contribution in [2.45, 2.75) is 31.9 Å². The van der Waals surface area contributed by atoms with Gasteiger partial charge in [-0.3, -0.25) is 0 Å². The Morgan fingerprint density at radius 3 is 2.55 bits per heavy atom. The average molecular weight is 387 g/mol. The van der Waals surface area contributed by atoms with E-state index in [0.717, 1.165) is 41.9 Å². The lowest BCUT2D eigenvalue weighted by Gasteiger charge is -2.35. The molecule has 0 aliphatic carbocycles. The molecule has 5 nitrogen and oxygen atoms in total. The summed E-state index contributed by atoms with van der Waals surface area (Å²) in [7, 11) is 0. The van der Waals surface area contributed by atoms with E-state index in [-0.39, 0.29) is 18.7 Å². The Hall–Kier alpha value is -3.34. The van der Waals surface area contributed by atoms with Gasteiger partial charge in [0, 0.05) is 24.0 Å². The fraction of sp³-hybridized carbons (Fsp3) is 0.250. The van der Waals surface area contributed by atoms with Crippen molar-refractivity contribution in [1.82, 2.24) is 9.88 Å². The SMILES string of the molecule is O=C(OCc1ccccc1)N1CCCCC1c1cccnc1Nc1ccccc1. The highest BCUT2D eigenvalue weighted by atomic mass is 16.6. The normalized spacial score (nSPS) is 16.3. The number of carbonyl (C=O) groups is 1. The van der Waals surface area contributed by atoms with E-state index in [2.05, 4.69) is 10.3 Å². The summed E-state index contributed by atoms with van der Waals surface area (Å²) >= 11 is 0. The van der Waals surface area contributed by atoms with Crippen LogP contribution in [0.3, 0.4) is 0 Å². The average Bonchev–Trinajstić information content (AvgIpc) is 2.79. The molecule has 1 N–H and O–H groups in total. The standard InChI is InChI=1S/C24H25N3O2/c28-24(29-18-19-10-3-1-4-11-19)27-17-8-7-15-22(27)21-14-9-16-25-23(21)26-20-12-5-2-6-13-20/h1-6,9-14,16,22H,7-8,15,17-18H2,(H,25,26). The molecule has 4 rings (SSSR count). The van der Waals surface area contributed by atoms with E-state index in [1.807, 2.05) is 77.7 Å². The molecule has 1 aromatic heterocycles. The number of para-hydroxylation sites is 1. The van der Waals surface area contributed by atoms with Crippen LogP contribution in [0.15, 0.2) is 79.0 Å². The molecule has 1 fully saturated rings. The number of piperidine rings is 1. The number of aromatic nitrogens is 1. The minimum atomic E-state index is -0.270. The Kier molecular flexibility index (Phi) is 6.05. The molecule has 1 atom stereocenters. The molecule has 2 heterocycles. The van der Waals surface area contributed by atoms with Crippen LogP contribution >= 0.6 is 0 Å². The van der Waals surface area contributed by atoms with Crippen molar-refractivity contribution in [2.24, 2.45) is 0 Å². The molecule has 0 bridgehead atoms. The first-order valence-electron chi connectivity index (χ1n) is 10.1. The molecule has 1 aliphatic heterocycles. The summed E-state index contributed by atoms with van der Waals surface area (Å²) in [5.41, 5.74) is 2.98. The van der Waals surface area contributed by atoms with Gasteiger partial charge in [-0.05, 0) is 43.0 Å². The van der Waals surface area contributed by atoms with Gasteiger partial charge in [-0.15, -0.1) is 0 Å². The second-order valence-corrected chi connectivity index (χ2v) is 7.18. The number of benzene rings is 2. The van der Waals surface area contributed by atoms with Crippen molar-refractivity contribution in [3.8, 4) is 0 Å². The van der Waals surface area contributed by atoms with Gasteiger partial charge in [0.25, 0.3) is 0 Å². The zero-order chi connectivity index (χ0) is 19.9. The van der Waals surface area contributed by atoms with Crippen molar-refractivity contribution >= 4 is 17.6 Å². The third kappa shape index (κ3) is 4.74. The summed E-state index contributed by atoms with van der Waals surface area (Å²) in [6.45, 7) is 0.975. The molecule has 3 aromatic rings. The summed E-state index contributed by atoms with van der Waals surface area (Å²) in [4.78, 5) is 19.3. The molecule has 0 saturated carbocycles. The molecule has 5 heteroatoms. The molecule has 2 aromatic carbocycles. The van der Waals surface area contributed by atoms with E-state index in [1.165, 1.54) is 0 Å². The van der Waals surface area contributed by atoms with Crippen LogP contribution in [0.4, 0.5) is 16.3 Å². The first-order valence-corrected chi connectivity index (χ1v) is 10.1. The van der Waals surface area contributed by atoms with E-state index in [1.54, 1.807) is 6.20 Å². The second-order valence-electron chi connectivity index (χ2n) is 7.18. The number of carbonyl (C=O) groups excluding carboxylic acids is 1. The lowest BCUT2D eigenvalue weighted by atomic mass is 9.96. The fourth-order valence-corrected chi connectivity index (χ4v) is 3.72. The summed E-state index contributed by atoms with van der Waals surface area (Å²) in [6.07, 6.45) is 4.46. The quantitative estimate of drug-likeness (QED) is 0.611. The van der Waals surface area contributed by atoms with Gasteiger partial charge in [-0.25, -0.2) is 9.78 Å². The molecular formula is C24H25N3O2. The van der Waals surface area contributed by atoms with Gasteiger partial charge in [0.15, 0.2) is 0 Å². The van der Waals surface area contributed by atoms with Gasteiger partial charge < -0.3 is 15.0 Å². The number of likely N-dealkylation sites (tertiary alicyclic amines) is 1. The van der Waals surface area contributed by atoms with E-state index in [4.69, 9.17) is 4.74 Å². The number of nitrogens with zero attached hydrogens (tertiary/aromatic N) is 2. The summed E-state index contributed by atoms with van der Waals surface area (Å²) in [5.74, 6) is 0.784. The highest BCUT2D eigenvalue weighted by Gasteiger charge is 2.31. The highest BCUT2D eigenvalue weighted by molar-refractivity contribution is 5.69. The zero-order valence-corrected chi connectivity index (χ0v) is 16.3. The van der Waals surface area contributed by atoms with E-state index < -0.39 is 0 Å². The summed E-state index contributed by atoms with van der Waals surface area (Å²) in [5, 5.41) is 3.40. The van der Waals surface area contributed by atoms with Crippen LogP contribution in [0.25, 0.3) is 0 Å². The summed E-state index contributed by atoms with van der Waals surface area (Å²) < 4.78 is 5.62. The zero-order valence-electron chi connectivity index (χ0n) is 16.3. The number of hydrogen-bond donors (Lipinski definition) is 1. The van der Waals surface area contributed by atoms with E-state index in [9.17, 15) is 4.79 Å². The van der Waals surface area contributed by atoms with Gasteiger partial charge >= 0.3 is 6.09 Å². The molecular weight excluding hydrogens is 362 g/mol. The van der Waals surface area contributed by atoms with Crippen molar-refractivity contribution in [1.29, 1.82) is 0 Å². The highest BCUT2D eigenvalue weighted by Crippen LogP contribution is 2.35. The molecule has 1 unspecified atom stereocenters. The Morgan fingerprint density at radius 2 is 1.76 bits per heavy atom. The molecule has 148 valence electrons. The minimum Gasteiger partial charge on any atom is -0.445 e. The van der Waals surface area contributed by atoms with E-state index in [0.29, 0.717) is 6.54 Å². The maximum absolute atomic E-state index is 12.9. The number of rotatable bonds is 5. The van der Waals surface area contributed by atoms with Gasteiger partial charge in [0.1, 0.15) is 12.4 Å². The fourth-order valence-electron chi connectivity index (χ4n) is 3.72. The van der Waals surface area contributed by atoms with Gasteiger partial charge in [-0.1, -0.05) is 54.6 Å². The van der Waals surface area contributed by atoms with Crippen molar-refractivity contribution in [3.05, 3.63) is 90.1 Å². The number of amides is 1. The Morgan fingerprint density at radius 1 is 1.00 bits per heavy atom. The van der Waals surface area contributed by atoms with Crippen LogP contribution in [0, 0.1) is 0 Å². The molecule has 0 radical (unpaired) electrons.